The average molecular weight is 280 g/mol. The van der Waals surface area contributed by atoms with Gasteiger partial charge in [-0.2, -0.15) is 5.26 Å². The molecule has 19 heavy (non-hydrogen) atoms. The monoisotopic (exact) mass is 280 g/mol. The first-order valence-electron chi connectivity index (χ1n) is 5.62. The predicted molar refractivity (Wildman–Crippen MR) is 70.6 cm³/mol. The van der Waals surface area contributed by atoms with E-state index in [1.165, 1.54) is 6.07 Å². The molecular weight excluding hydrogens is 270 g/mol. The van der Waals surface area contributed by atoms with Crippen LogP contribution >= 0.6 is 12.2 Å². The van der Waals surface area contributed by atoms with Gasteiger partial charge in [-0.1, -0.05) is 12.2 Å². The number of allylic oxidation sites excluding steroid dienone is 1. The van der Waals surface area contributed by atoms with Crippen molar-refractivity contribution < 1.29 is 13.9 Å². The molecule has 0 spiro atoms. The van der Waals surface area contributed by atoms with Gasteiger partial charge in [-0.05, 0) is 25.0 Å². The maximum Gasteiger partial charge on any atom is 0.160 e. The van der Waals surface area contributed by atoms with Gasteiger partial charge in [-0.3, -0.25) is 0 Å². The summed E-state index contributed by atoms with van der Waals surface area (Å²) in [6, 6.07) is 5.02. The number of halogens is 2. The number of anilines is 1. The quantitative estimate of drug-likeness (QED) is 0.385. The fourth-order valence-electron chi connectivity index (χ4n) is 1.55. The van der Waals surface area contributed by atoms with E-state index in [4.69, 9.17) is 17.5 Å². The van der Waals surface area contributed by atoms with E-state index in [1.807, 2.05) is 6.07 Å². The number of benzene rings is 1. The summed E-state index contributed by atoms with van der Waals surface area (Å²) in [5, 5.41) is 21.4. The van der Waals surface area contributed by atoms with Crippen LogP contribution in [0.3, 0.4) is 0 Å². The Morgan fingerprint density at radius 3 is 2.58 bits per heavy atom. The molecule has 2 N–H and O–H groups in total. The maximum atomic E-state index is 13.0. The lowest BCUT2D eigenvalue weighted by Crippen LogP contribution is -2.14. The molecule has 1 aliphatic rings. The molecule has 0 saturated heterocycles. The van der Waals surface area contributed by atoms with Gasteiger partial charge in [-0.15, -0.1) is 0 Å². The fourth-order valence-corrected chi connectivity index (χ4v) is 1.82. The SMILES string of the molecule is N#C/C(C(=S)Nc1ccc(F)c(F)c1)=C(/O)C1CC1. The van der Waals surface area contributed by atoms with E-state index in [-0.39, 0.29) is 27.9 Å². The number of thiocarbonyl (C=S) groups is 1. The number of aliphatic hydroxyl groups excluding tert-OH is 1. The lowest BCUT2D eigenvalue weighted by Gasteiger charge is -2.08. The number of hydrogen-bond donors (Lipinski definition) is 2. The normalized spacial score (nSPS) is 15.4. The standard InChI is InChI=1S/C13H10F2N2OS/c14-10-4-3-8(5-11(10)15)17-13(19)9(6-16)12(18)7-1-2-7/h3-5,7,18H,1-2H2,(H,17,19)/b12-9-. The number of nitrogens with zero attached hydrogens (tertiary/aromatic N) is 1. The van der Waals surface area contributed by atoms with E-state index in [1.54, 1.807) is 0 Å². The molecule has 1 saturated carbocycles. The van der Waals surface area contributed by atoms with Gasteiger partial charge in [0.2, 0.25) is 0 Å². The summed E-state index contributed by atoms with van der Waals surface area (Å²) in [7, 11) is 0. The Hall–Kier alpha value is -2.00. The molecule has 0 amide bonds. The Balaban J connectivity index is 2.18. The first-order valence-corrected chi connectivity index (χ1v) is 6.03. The summed E-state index contributed by atoms with van der Waals surface area (Å²) in [6.07, 6.45) is 1.65. The summed E-state index contributed by atoms with van der Waals surface area (Å²) in [6.45, 7) is 0. The minimum Gasteiger partial charge on any atom is -0.511 e. The van der Waals surface area contributed by atoms with E-state index in [2.05, 4.69) is 5.32 Å². The minimum atomic E-state index is -1.01. The van der Waals surface area contributed by atoms with E-state index in [0.717, 1.165) is 25.0 Å². The number of rotatable bonds is 3. The van der Waals surface area contributed by atoms with Crippen LogP contribution in [0.5, 0.6) is 0 Å². The van der Waals surface area contributed by atoms with Gasteiger partial charge < -0.3 is 10.4 Å². The van der Waals surface area contributed by atoms with Crippen LogP contribution in [0.2, 0.25) is 0 Å². The first-order chi connectivity index (χ1) is 9.02. The van der Waals surface area contributed by atoms with Crippen LogP contribution in [0.25, 0.3) is 0 Å². The Morgan fingerprint density at radius 2 is 2.05 bits per heavy atom. The van der Waals surface area contributed by atoms with Crippen LogP contribution in [0.1, 0.15) is 12.8 Å². The molecule has 0 radical (unpaired) electrons. The van der Waals surface area contributed by atoms with Crippen molar-refractivity contribution in [2.75, 3.05) is 5.32 Å². The lowest BCUT2D eigenvalue weighted by atomic mass is 10.2. The molecule has 1 aromatic rings. The number of nitrogens with one attached hydrogen (secondary N) is 1. The molecule has 0 atom stereocenters. The first kappa shape index (κ1) is 13.4. The van der Waals surface area contributed by atoms with Gasteiger partial charge in [0.1, 0.15) is 22.4 Å². The number of hydrogen-bond acceptors (Lipinski definition) is 3. The predicted octanol–water partition coefficient (Wildman–Crippen LogP) is 3.45. The third kappa shape index (κ3) is 3.06. The summed E-state index contributed by atoms with van der Waals surface area (Å²) < 4.78 is 25.8. The highest BCUT2D eigenvalue weighted by atomic mass is 32.1. The van der Waals surface area contributed by atoms with Gasteiger partial charge in [0.15, 0.2) is 11.6 Å². The molecule has 1 aliphatic carbocycles. The van der Waals surface area contributed by atoms with E-state index in [0.29, 0.717) is 0 Å². The summed E-state index contributed by atoms with van der Waals surface area (Å²) in [5.41, 5.74) is 0.197. The van der Waals surface area contributed by atoms with Gasteiger partial charge in [-0.25, -0.2) is 8.78 Å². The van der Waals surface area contributed by atoms with Gasteiger partial charge in [0, 0.05) is 17.7 Å². The number of aliphatic hydroxyl groups is 1. The van der Waals surface area contributed by atoms with Gasteiger partial charge in [0.05, 0.1) is 0 Å². The van der Waals surface area contributed by atoms with Crippen molar-refractivity contribution in [3.63, 3.8) is 0 Å². The maximum absolute atomic E-state index is 13.0. The zero-order valence-corrected chi connectivity index (χ0v) is 10.6. The lowest BCUT2D eigenvalue weighted by molar-refractivity contribution is 0.377. The van der Waals surface area contributed by atoms with Crippen LogP contribution in [-0.4, -0.2) is 10.1 Å². The van der Waals surface area contributed by atoms with Crippen LogP contribution in [-0.2, 0) is 0 Å². The molecule has 0 unspecified atom stereocenters. The fraction of sp³-hybridized carbons (Fsp3) is 0.231. The topological polar surface area (TPSA) is 56.0 Å². The van der Waals surface area contributed by atoms with Crippen molar-refractivity contribution in [2.24, 2.45) is 5.92 Å². The summed E-state index contributed by atoms with van der Waals surface area (Å²) in [4.78, 5) is -0.00194. The zero-order chi connectivity index (χ0) is 14.0. The van der Waals surface area contributed by atoms with Crippen LogP contribution in [0.4, 0.5) is 14.5 Å². The third-order valence-corrected chi connectivity index (χ3v) is 3.04. The second-order valence-corrected chi connectivity index (χ2v) is 4.64. The van der Waals surface area contributed by atoms with Crippen molar-refractivity contribution in [2.45, 2.75) is 12.8 Å². The molecule has 6 heteroatoms. The van der Waals surface area contributed by atoms with Crippen molar-refractivity contribution in [1.29, 1.82) is 5.26 Å². The Bertz CT molecular complexity index is 603. The van der Waals surface area contributed by atoms with Crippen molar-refractivity contribution in [1.82, 2.24) is 0 Å². The van der Waals surface area contributed by atoms with E-state index in [9.17, 15) is 13.9 Å². The van der Waals surface area contributed by atoms with Gasteiger partial charge >= 0.3 is 0 Å². The minimum absolute atomic E-state index is 0.00194. The van der Waals surface area contributed by atoms with Crippen LogP contribution in [0.15, 0.2) is 29.5 Å². The summed E-state index contributed by atoms with van der Waals surface area (Å²) in [5.74, 6) is -2.03. The van der Waals surface area contributed by atoms with Crippen molar-refractivity contribution >= 4 is 22.9 Å². The Kier molecular flexibility index (Phi) is 3.76. The molecule has 1 aromatic carbocycles. The van der Waals surface area contributed by atoms with Crippen molar-refractivity contribution in [3.8, 4) is 6.07 Å². The second kappa shape index (κ2) is 5.33. The molecular formula is C13H10F2N2OS. The van der Waals surface area contributed by atoms with Gasteiger partial charge in [0.25, 0.3) is 0 Å². The number of nitriles is 1. The average Bonchev–Trinajstić information content (AvgIpc) is 3.18. The third-order valence-electron chi connectivity index (χ3n) is 2.74. The Labute approximate surface area is 114 Å². The van der Waals surface area contributed by atoms with E-state index < -0.39 is 11.6 Å². The van der Waals surface area contributed by atoms with Crippen LogP contribution < -0.4 is 5.32 Å². The largest absolute Gasteiger partial charge is 0.511 e. The summed E-state index contributed by atoms with van der Waals surface area (Å²) >= 11 is 4.99. The molecule has 3 nitrogen and oxygen atoms in total. The highest BCUT2D eigenvalue weighted by molar-refractivity contribution is 7.81. The molecule has 0 bridgehead atoms. The smallest absolute Gasteiger partial charge is 0.160 e. The highest BCUT2D eigenvalue weighted by Gasteiger charge is 2.29. The molecule has 2 rings (SSSR count). The zero-order valence-electron chi connectivity index (χ0n) is 9.78. The van der Waals surface area contributed by atoms with Crippen molar-refractivity contribution in [3.05, 3.63) is 41.2 Å². The second-order valence-electron chi connectivity index (χ2n) is 4.23. The molecule has 0 heterocycles. The molecule has 98 valence electrons. The molecule has 1 fully saturated rings. The van der Waals surface area contributed by atoms with Crippen LogP contribution in [0, 0.1) is 28.9 Å². The highest BCUT2D eigenvalue weighted by Crippen LogP contribution is 2.36. The molecule has 0 aromatic heterocycles. The van der Waals surface area contributed by atoms with E-state index >= 15 is 0 Å². The Morgan fingerprint density at radius 1 is 1.37 bits per heavy atom. The molecule has 0 aliphatic heterocycles.